The van der Waals surface area contributed by atoms with Gasteiger partial charge in [-0.15, -0.1) is 0 Å². The molecule has 24 heavy (non-hydrogen) atoms. The van der Waals surface area contributed by atoms with E-state index >= 15 is 0 Å². The molecule has 0 radical (unpaired) electrons. The summed E-state index contributed by atoms with van der Waals surface area (Å²) in [5, 5.41) is 5.77. The number of carbonyl (C=O) groups excluding carboxylic acids is 1. The summed E-state index contributed by atoms with van der Waals surface area (Å²) in [7, 11) is 0. The van der Waals surface area contributed by atoms with Crippen molar-refractivity contribution in [1.82, 2.24) is 15.6 Å². The lowest BCUT2D eigenvalue weighted by atomic mass is 10.2. The molecule has 2 aromatic heterocycles. The van der Waals surface area contributed by atoms with E-state index in [0.717, 1.165) is 30.2 Å². The predicted molar refractivity (Wildman–Crippen MR) is 92.9 cm³/mol. The number of amides is 2. The van der Waals surface area contributed by atoms with Gasteiger partial charge in [0, 0.05) is 38.3 Å². The van der Waals surface area contributed by atoms with Crippen molar-refractivity contribution in [2.24, 2.45) is 0 Å². The van der Waals surface area contributed by atoms with Crippen LogP contribution in [0.3, 0.4) is 0 Å². The van der Waals surface area contributed by atoms with Crippen LogP contribution >= 0.6 is 0 Å². The Kier molecular flexibility index (Phi) is 5.36. The van der Waals surface area contributed by atoms with Gasteiger partial charge in [0.05, 0.1) is 6.26 Å². The first-order chi connectivity index (χ1) is 11.7. The maximum Gasteiger partial charge on any atom is 0.315 e. The van der Waals surface area contributed by atoms with Gasteiger partial charge in [-0.25, -0.2) is 9.78 Å². The minimum Gasteiger partial charge on any atom is -0.469 e. The molecule has 0 bridgehead atoms. The largest absolute Gasteiger partial charge is 0.469 e. The van der Waals surface area contributed by atoms with Crippen LogP contribution in [0.5, 0.6) is 0 Å². The molecule has 1 fully saturated rings. The molecular weight excluding hydrogens is 304 g/mol. The molecule has 1 aliphatic heterocycles. The highest BCUT2D eigenvalue weighted by atomic mass is 16.3. The fourth-order valence-electron chi connectivity index (χ4n) is 2.89. The number of nitrogens with zero attached hydrogens (tertiary/aromatic N) is 2. The molecule has 6 heteroatoms. The average molecular weight is 328 g/mol. The SMILES string of the molecule is C[C@H](Cc1ccco1)NC(=O)NCc1ccc(N2CCCC2)nc1. The van der Waals surface area contributed by atoms with Gasteiger partial charge >= 0.3 is 6.03 Å². The van der Waals surface area contributed by atoms with Crippen molar-refractivity contribution in [3.05, 3.63) is 48.0 Å². The van der Waals surface area contributed by atoms with Crippen molar-refractivity contribution in [3.8, 4) is 0 Å². The number of hydrogen-bond donors (Lipinski definition) is 2. The number of carbonyl (C=O) groups is 1. The van der Waals surface area contributed by atoms with Crippen LogP contribution in [0.4, 0.5) is 10.6 Å². The van der Waals surface area contributed by atoms with Gasteiger partial charge in [-0.2, -0.15) is 0 Å². The van der Waals surface area contributed by atoms with E-state index in [4.69, 9.17) is 4.42 Å². The summed E-state index contributed by atoms with van der Waals surface area (Å²) in [5.74, 6) is 1.89. The van der Waals surface area contributed by atoms with Crippen molar-refractivity contribution in [2.45, 2.75) is 38.8 Å². The zero-order valence-electron chi connectivity index (χ0n) is 14.0. The molecule has 2 amide bonds. The normalized spacial score (nSPS) is 15.3. The molecule has 3 rings (SSSR count). The highest BCUT2D eigenvalue weighted by Gasteiger charge is 2.13. The smallest absolute Gasteiger partial charge is 0.315 e. The van der Waals surface area contributed by atoms with Crippen LogP contribution in [0.15, 0.2) is 41.1 Å². The Morgan fingerprint density at radius 1 is 1.33 bits per heavy atom. The van der Waals surface area contributed by atoms with Crippen LogP contribution in [-0.4, -0.2) is 30.1 Å². The van der Waals surface area contributed by atoms with Crippen molar-refractivity contribution in [2.75, 3.05) is 18.0 Å². The number of hydrogen-bond acceptors (Lipinski definition) is 4. The second kappa shape index (κ2) is 7.86. The lowest BCUT2D eigenvalue weighted by Gasteiger charge is -2.16. The number of rotatable bonds is 6. The van der Waals surface area contributed by atoms with Crippen LogP contribution in [0.2, 0.25) is 0 Å². The first-order valence-corrected chi connectivity index (χ1v) is 8.47. The summed E-state index contributed by atoms with van der Waals surface area (Å²) >= 11 is 0. The van der Waals surface area contributed by atoms with Gasteiger partial charge in [0.15, 0.2) is 0 Å². The third kappa shape index (κ3) is 4.50. The first kappa shape index (κ1) is 16.4. The molecule has 6 nitrogen and oxygen atoms in total. The van der Waals surface area contributed by atoms with Crippen molar-refractivity contribution >= 4 is 11.8 Å². The first-order valence-electron chi connectivity index (χ1n) is 8.47. The third-order valence-electron chi connectivity index (χ3n) is 4.16. The van der Waals surface area contributed by atoms with Crippen molar-refractivity contribution in [1.29, 1.82) is 0 Å². The summed E-state index contributed by atoms with van der Waals surface area (Å²) in [6.07, 6.45) is 6.62. The molecule has 1 aliphatic rings. The molecule has 0 saturated carbocycles. The van der Waals surface area contributed by atoms with Gasteiger partial charge in [0.2, 0.25) is 0 Å². The molecule has 128 valence electrons. The van der Waals surface area contributed by atoms with Crippen molar-refractivity contribution in [3.63, 3.8) is 0 Å². The van der Waals surface area contributed by atoms with E-state index in [0.29, 0.717) is 13.0 Å². The molecule has 0 aromatic carbocycles. The second-order valence-electron chi connectivity index (χ2n) is 6.23. The van der Waals surface area contributed by atoms with E-state index in [9.17, 15) is 4.79 Å². The average Bonchev–Trinajstić information content (AvgIpc) is 3.27. The van der Waals surface area contributed by atoms with E-state index < -0.39 is 0 Å². The van der Waals surface area contributed by atoms with Gasteiger partial charge < -0.3 is 20.0 Å². The predicted octanol–water partition coefficient (Wildman–Crippen LogP) is 2.71. The Labute approximate surface area is 142 Å². The van der Waals surface area contributed by atoms with E-state index in [1.54, 1.807) is 6.26 Å². The Morgan fingerprint density at radius 3 is 2.83 bits per heavy atom. The second-order valence-corrected chi connectivity index (χ2v) is 6.23. The standard InChI is InChI=1S/C18H24N4O2/c1-14(11-16-5-4-10-24-16)21-18(23)20-13-15-6-7-17(19-12-15)22-8-2-3-9-22/h4-7,10,12,14H,2-3,8-9,11,13H2,1H3,(H2,20,21,23)/t14-/m1/s1. The summed E-state index contributed by atoms with van der Waals surface area (Å²) in [6.45, 7) is 4.59. The van der Waals surface area contributed by atoms with Crippen LogP contribution in [0.1, 0.15) is 31.1 Å². The third-order valence-corrected chi connectivity index (χ3v) is 4.16. The Morgan fingerprint density at radius 2 is 2.17 bits per heavy atom. The van der Waals surface area contributed by atoms with Gasteiger partial charge in [-0.05, 0) is 43.5 Å². The zero-order valence-corrected chi connectivity index (χ0v) is 14.0. The molecule has 2 aromatic rings. The van der Waals surface area contributed by atoms with Crippen LogP contribution < -0.4 is 15.5 Å². The van der Waals surface area contributed by atoms with Gasteiger partial charge in [-0.3, -0.25) is 0 Å². The lowest BCUT2D eigenvalue weighted by molar-refractivity contribution is 0.237. The summed E-state index contributed by atoms with van der Waals surface area (Å²) in [5.41, 5.74) is 0.992. The van der Waals surface area contributed by atoms with E-state index in [1.165, 1.54) is 12.8 Å². The quantitative estimate of drug-likeness (QED) is 0.855. The lowest BCUT2D eigenvalue weighted by Crippen LogP contribution is -2.41. The number of pyridine rings is 1. The maximum absolute atomic E-state index is 11.9. The molecule has 0 spiro atoms. The Bertz CT molecular complexity index is 634. The summed E-state index contributed by atoms with van der Waals surface area (Å²) in [4.78, 5) is 18.7. The van der Waals surface area contributed by atoms with E-state index in [1.807, 2.05) is 37.4 Å². The number of nitrogens with one attached hydrogen (secondary N) is 2. The van der Waals surface area contributed by atoms with Crippen LogP contribution in [0, 0.1) is 0 Å². The number of urea groups is 1. The number of anilines is 1. The summed E-state index contributed by atoms with van der Waals surface area (Å²) in [6, 6.07) is 7.63. The fraction of sp³-hybridized carbons (Fsp3) is 0.444. The Hall–Kier alpha value is -2.50. The molecular formula is C18H24N4O2. The molecule has 0 aliphatic carbocycles. The Balaban J connectivity index is 1.42. The monoisotopic (exact) mass is 328 g/mol. The number of aromatic nitrogens is 1. The topological polar surface area (TPSA) is 70.4 Å². The highest BCUT2D eigenvalue weighted by Crippen LogP contribution is 2.17. The zero-order chi connectivity index (χ0) is 16.8. The van der Waals surface area contributed by atoms with Gasteiger partial charge in [0.25, 0.3) is 0 Å². The minimum absolute atomic E-state index is 0.00631. The fourth-order valence-corrected chi connectivity index (χ4v) is 2.89. The minimum atomic E-state index is -0.183. The maximum atomic E-state index is 11.9. The van der Waals surface area contributed by atoms with Gasteiger partial charge in [0.1, 0.15) is 11.6 Å². The number of furan rings is 1. The van der Waals surface area contributed by atoms with E-state index in [2.05, 4.69) is 20.5 Å². The highest BCUT2D eigenvalue weighted by molar-refractivity contribution is 5.74. The molecule has 1 saturated heterocycles. The molecule has 3 heterocycles. The van der Waals surface area contributed by atoms with Gasteiger partial charge in [-0.1, -0.05) is 6.07 Å². The summed E-state index contributed by atoms with van der Waals surface area (Å²) < 4.78 is 5.28. The van der Waals surface area contributed by atoms with Crippen molar-refractivity contribution < 1.29 is 9.21 Å². The molecule has 1 atom stereocenters. The molecule has 0 unspecified atom stereocenters. The van der Waals surface area contributed by atoms with Crippen LogP contribution in [0.25, 0.3) is 0 Å². The van der Waals surface area contributed by atoms with Crippen LogP contribution in [-0.2, 0) is 13.0 Å². The van der Waals surface area contributed by atoms with E-state index in [-0.39, 0.29) is 12.1 Å². The molecule has 2 N–H and O–H groups in total.